The average molecular weight is 290 g/mol. The molecule has 1 heterocycles. The molecule has 21 heavy (non-hydrogen) atoms. The van der Waals surface area contributed by atoms with E-state index in [2.05, 4.69) is 10.6 Å². The lowest BCUT2D eigenvalue weighted by Crippen LogP contribution is -2.28. The number of rotatable bonds is 5. The monoisotopic (exact) mass is 290 g/mol. The van der Waals surface area contributed by atoms with E-state index in [1.54, 1.807) is 18.2 Å². The quantitative estimate of drug-likeness (QED) is 0.857. The second kappa shape index (κ2) is 6.03. The van der Waals surface area contributed by atoms with Gasteiger partial charge >= 0.3 is 0 Å². The molecule has 0 aromatic heterocycles. The zero-order valence-corrected chi connectivity index (χ0v) is 11.7. The van der Waals surface area contributed by atoms with Crippen LogP contribution in [-0.4, -0.2) is 31.6 Å². The van der Waals surface area contributed by atoms with Gasteiger partial charge in [0.25, 0.3) is 0 Å². The number of carbonyl (C=O) groups excluding carboxylic acids is 2. The summed E-state index contributed by atoms with van der Waals surface area (Å²) in [5, 5.41) is 5.55. The summed E-state index contributed by atoms with van der Waals surface area (Å²) < 4.78 is 10.9. The van der Waals surface area contributed by atoms with Crippen molar-refractivity contribution >= 4 is 17.5 Å². The maximum Gasteiger partial charge on any atom is 0.226 e. The van der Waals surface area contributed by atoms with Gasteiger partial charge in [-0.1, -0.05) is 0 Å². The van der Waals surface area contributed by atoms with Crippen LogP contribution in [0.3, 0.4) is 0 Å². The van der Waals surface area contributed by atoms with E-state index in [9.17, 15) is 9.59 Å². The SMILES string of the molecule is O=C(CCNC(=O)C1CC1)Nc1ccc2c(c1)OCCO2. The molecule has 0 atom stereocenters. The van der Waals surface area contributed by atoms with Gasteiger partial charge in [-0.15, -0.1) is 0 Å². The first-order chi connectivity index (χ1) is 10.2. The fraction of sp³-hybridized carbons (Fsp3) is 0.467. The number of fused-ring (bicyclic) bond motifs is 1. The Hall–Kier alpha value is -2.24. The third-order valence-electron chi connectivity index (χ3n) is 3.43. The summed E-state index contributed by atoms with van der Waals surface area (Å²) in [5.74, 6) is 1.42. The maximum atomic E-state index is 11.8. The summed E-state index contributed by atoms with van der Waals surface area (Å²) in [6, 6.07) is 5.29. The van der Waals surface area contributed by atoms with Crippen molar-refractivity contribution in [3.8, 4) is 11.5 Å². The van der Waals surface area contributed by atoms with Crippen molar-refractivity contribution < 1.29 is 19.1 Å². The predicted molar refractivity (Wildman–Crippen MR) is 76.4 cm³/mol. The fourth-order valence-electron chi connectivity index (χ4n) is 2.13. The predicted octanol–water partition coefficient (Wildman–Crippen LogP) is 1.31. The van der Waals surface area contributed by atoms with Crippen LogP contribution in [0.15, 0.2) is 18.2 Å². The molecule has 3 rings (SSSR count). The molecule has 0 saturated heterocycles. The molecule has 6 heteroatoms. The highest BCUT2D eigenvalue weighted by molar-refractivity contribution is 5.91. The Morgan fingerprint density at radius 1 is 1.14 bits per heavy atom. The lowest BCUT2D eigenvalue weighted by atomic mass is 10.2. The largest absolute Gasteiger partial charge is 0.486 e. The van der Waals surface area contributed by atoms with Crippen LogP contribution in [0, 0.1) is 5.92 Å². The number of amides is 2. The molecule has 6 nitrogen and oxygen atoms in total. The number of hydrogen-bond acceptors (Lipinski definition) is 4. The van der Waals surface area contributed by atoms with Crippen LogP contribution in [0.1, 0.15) is 19.3 Å². The van der Waals surface area contributed by atoms with Gasteiger partial charge in [-0.2, -0.15) is 0 Å². The van der Waals surface area contributed by atoms with Crippen molar-refractivity contribution in [1.82, 2.24) is 5.32 Å². The summed E-state index contributed by atoms with van der Waals surface area (Å²) in [4.78, 5) is 23.2. The van der Waals surface area contributed by atoms with E-state index in [1.165, 1.54) is 0 Å². The molecule has 0 radical (unpaired) electrons. The van der Waals surface area contributed by atoms with Crippen LogP contribution in [0.25, 0.3) is 0 Å². The Kier molecular flexibility index (Phi) is 3.94. The zero-order valence-electron chi connectivity index (χ0n) is 11.7. The van der Waals surface area contributed by atoms with Crippen molar-refractivity contribution in [2.75, 3.05) is 25.1 Å². The van der Waals surface area contributed by atoms with Crippen LogP contribution in [-0.2, 0) is 9.59 Å². The summed E-state index contributed by atoms with van der Waals surface area (Å²) in [5.41, 5.74) is 0.665. The normalized spacial score (nSPS) is 16.2. The Morgan fingerprint density at radius 2 is 1.90 bits per heavy atom. The first kappa shape index (κ1) is 13.7. The Morgan fingerprint density at radius 3 is 2.67 bits per heavy atom. The third kappa shape index (κ3) is 3.65. The minimum absolute atomic E-state index is 0.0575. The molecule has 1 fully saturated rings. The molecule has 2 amide bonds. The van der Waals surface area contributed by atoms with Gasteiger partial charge < -0.3 is 20.1 Å². The van der Waals surface area contributed by atoms with Gasteiger partial charge in [0.15, 0.2) is 11.5 Å². The first-order valence-corrected chi connectivity index (χ1v) is 7.19. The number of anilines is 1. The second-order valence-electron chi connectivity index (χ2n) is 5.22. The minimum atomic E-state index is -0.136. The first-order valence-electron chi connectivity index (χ1n) is 7.19. The molecule has 0 spiro atoms. The van der Waals surface area contributed by atoms with Gasteiger partial charge in [0.2, 0.25) is 11.8 Å². The van der Waals surface area contributed by atoms with E-state index >= 15 is 0 Å². The standard InChI is InChI=1S/C15H18N2O4/c18-14(5-6-16-15(19)10-1-2-10)17-11-3-4-12-13(9-11)21-8-7-20-12/h3-4,9-10H,1-2,5-8H2,(H,16,19)(H,17,18). The van der Waals surface area contributed by atoms with Crippen LogP contribution in [0.5, 0.6) is 11.5 Å². The Labute approximate surface area is 122 Å². The highest BCUT2D eigenvalue weighted by Gasteiger charge is 2.29. The molecule has 1 aromatic rings. The molecule has 2 N–H and O–H groups in total. The topological polar surface area (TPSA) is 76.7 Å². The maximum absolute atomic E-state index is 11.8. The number of ether oxygens (including phenoxy) is 2. The average Bonchev–Trinajstić information content (AvgIpc) is 3.31. The van der Waals surface area contributed by atoms with Gasteiger partial charge in [-0.05, 0) is 25.0 Å². The molecule has 1 aliphatic carbocycles. The van der Waals surface area contributed by atoms with Gasteiger partial charge in [-0.25, -0.2) is 0 Å². The van der Waals surface area contributed by atoms with E-state index in [0.717, 1.165) is 12.8 Å². The fourth-order valence-corrected chi connectivity index (χ4v) is 2.13. The van der Waals surface area contributed by atoms with Crippen molar-refractivity contribution in [1.29, 1.82) is 0 Å². The van der Waals surface area contributed by atoms with E-state index < -0.39 is 0 Å². The highest BCUT2D eigenvalue weighted by Crippen LogP contribution is 2.32. The molecule has 0 unspecified atom stereocenters. The number of hydrogen-bond donors (Lipinski definition) is 2. The second-order valence-corrected chi connectivity index (χ2v) is 5.22. The lowest BCUT2D eigenvalue weighted by molar-refractivity contribution is -0.122. The Bertz CT molecular complexity index is 555. The van der Waals surface area contributed by atoms with Crippen molar-refractivity contribution in [3.05, 3.63) is 18.2 Å². The molecular weight excluding hydrogens is 272 g/mol. The number of benzene rings is 1. The van der Waals surface area contributed by atoms with Gasteiger partial charge in [0.05, 0.1) is 0 Å². The van der Waals surface area contributed by atoms with Gasteiger partial charge in [-0.3, -0.25) is 9.59 Å². The van der Waals surface area contributed by atoms with Gasteiger partial charge in [0.1, 0.15) is 13.2 Å². The zero-order chi connectivity index (χ0) is 14.7. The summed E-state index contributed by atoms with van der Waals surface area (Å²) in [6.45, 7) is 1.42. The van der Waals surface area contributed by atoms with Crippen molar-refractivity contribution in [3.63, 3.8) is 0 Å². The van der Waals surface area contributed by atoms with Crippen LogP contribution >= 0.6 is 0 Å². The highest BCUT2D eigenvalue weighted by atomic mass is 16.6. The molecule has 1 saturated carbocycles. The summed E-state index contributed by atoms with van der Waals surface area (Å²) in [7, 11) is 0. The molecule has 2 aliphatic rings. The summed E-state index contributed by atoms with van der Waals surface area (Å²) in [6.07, 6.45) is 2.19. The van der Waals surface area contributed by atoms with Crippen LogP contribution in [0.2, 0.25) is 0 Å². The van der Waals surface area contributed by atoms with E-state index in [1.807, 2.05) is 0 Å². The molecular formula is C15H18N2O4. The van der Waals surface area contributed by atoms with E-state index in [-0.39, 0.29) is 24.2 Å². The lowest BCUT2D eigenvalue weighted by Gasteiger charge is -2.19. The van der Waals surface area contributed by atoms with Crippen molar-refractivity contribution in [2.24, 2.45) is 5.92 Å². The number of nitrogens with one attached hydrogen (secondary N) is 2. The smallest absolute Gasteiger partial charge is 0.226 e. The van der Waals surface area contributed by atoms with Gasteiger partial charge in [0, 0.05) is 30.6 Å². The van der Waals surface area contributed by atoms with E-state index in [0.29, 0.717) is 36.9 Å². The molecule has 1 aromatic carbocycles. The van der Waals surface area contributed by atoms with E-state index in [4.69, 9.17) is 9.47 Å². The van der Waals surface area contributed by atoms with Crippen molar-refractivity contribution in [2.45, 2.75) is 19.3 Å². The molecule has 1 aliphatic heterocycles. The minimum Gasteiger partial charge on any atom is -0.486 e. The molecule has 0 bridgehead atoms. The Balaban J connectivity index is 1.46. The van der Waals surface area contributed by atoms with Crippen LogP contribution in [0.4, 0.5) is 5.69 Å². The third-order valence-corrected chi connectivity index (χ3v) is 3.43. The molecule has 112 valence electrons. The number of carbonyl (C=O) groups is 2. The summed E-state index contributed by atoms with van der Waals surface area (Å²) >= 11 is 0. The van der Waals surface area contributed by atoms with Crippen LogP contribution < -0.4 is 20.1 Å².